The predicted molar refractivity (Wildman–Crippen MR) is 78.0 cm³/mol. The molecule has 2 aromatic rings. The van der Waals surface area contributed by atoms with E-state index in [4.69, 9.17) is 5.11 Å². The van der Waals surface area contributed by atoms with Crippen LogP contribution in [0.4, 0.5) is 20.2 Å². The zero-order valence-electron chi connectivity index (χ0n) is 12.0. The molecule has 0 saturated heterocycles. The maximum atomic E-state index is 13.7. The van der Waals surface area contributed by atoms with Crippen molar-refractivity contribution in [1.82, 2.24) is 0 Å². The van der Waals surface area contributed by atoms with Crippen LogP contribution >= 0.6 is 0 Å². The lowest BCUT2D eigenvalue weighted by molar-refractivity contribution is 0.0697. The van der Waals surface area contributed by atoms with Crippen LogP contribution in [0, 0.1) is 11.6 Å². The highest BCUT2D eigenvalue weighted by Gasteiger charge is 2.12. The molecule has 0 unspecified atom stereocenters. The van der Waals surface area contributed by atoms with Gasteiger partial charge in [-0.3, -0.25) is 0 Å². The number of aromatic carboxylic acids is 1. The molecular formula is C16H14F2N2O2. The molecule has 0 spiro atoms. The second-order valence-corrected chi connectivity index (χ2v) is 5.04. The first-order valence-corrected chi connectivity index (χ1v) is 6.62. The Bertz CT molecular complexity index is 743. The third-order valence-corrected chi connectivity index (χ3v) is 3.05. The van der Waals surface area contributed by atoms with Gasteiger partial charge in [0.15, 0.2) is 5.82 Å². The smallest absolute Gasteiger partial charge is 0.335 e. The van der Waals surface area contributed by atoms with Crippen molar-refractivity contribution in [3.8, 4) is 0 Å². The van der Waals surface area contributed by atoms with Gasteiger partial charge in [0.25, 0.3) is 0 Å². The Kier molecular flexibility index (Phi) is 4.60. The van der Waals surface area contributed by atoms with Gasteiger partial charge in [0.1, 0.15) is 11.5 Å². The molecule has 2 rings (SSSR count). The van der Waals surface area contributed by atoms with Gasteiger partial charge in [0.2, 0.25) is 0 Å². The van der Waals surface area contributed by atoms with Gasteiger partial charge in [0, 0.05) is 6.07 Å². The third-order valence-electron chi connectivity index (χ3n) is 3.05. The molecule has 0 atom stereocenters. The molecule has 4 nitrogen and oxygen atoms in total. The van der Waals surface area contributed by atoms with E-state index in [1.54, 1.807) is 19.9 Å². The molecule has 0 aliphatic heterocycles. The highest BCUT2D eigenvalue weighted by atomic mass is 19.1. The van der Waals surface area contributed by atoms with E-state index in [9.17, 15) is 13.6 Å². The summed E-state index contributed by atoms with van der Waals surface area (Å²) in [7, 11) is 0. The Morgan fingerprint density at radius 2 is 1.82 bits per heavy atom. The summed E-state index contributed by atoms with van der Waals surface area (Å²) in [6.45, 7) is 3.57. The first-order valence-electron chi connectivity index (χ1n) is 6.62. The lowest BCUT2D eigenvalue weighted by atomic mass is 10.0. The third kappa shape index (κ3) is 3.52. The number of hydrogen-bond donors (Lipinski definition) is 1. The van der Waals surface area contributed by atoms with Gasteiger partial charge in [-0.15, -0.1) is 5.11 Å². The normalized spacial score (nSPS) is 11.3. The van der Waals surface area contributed by atoms with Crippen LogP contribution in [0.25, 0.3) is 0 Å². The Morgan fingerprint density at radius 1 is 1.09 bits per heavy atom. The van der Waals surface area contributed by atoms with Crippen LogP contribution in [0.5, 0.6) is 0 Å². The number of carbonyl (C=O) groups is 1. The summed E-state index contributed by atoms with van der Waals surface area (Å²) in [4.78, 5) is 10.9. The topological polar surface area (TPSA) is 62.0 Å². The minimum Gasteiger partial charge on any atom is -0.478 e. The van der Waals surface area contributed by atoms with Gasteiger partial charge in [0.05, 0.1) is 11.3 Å². The van der Waals surface area contributed by atoms with E-state index in [0.717, 1.165) is 6.07 Å². The molecule has 0 aliphatic carbocycles. The number of rotatable bonds is 4. The lowest BCUT2D eigenvalue weighted by Gasteiger charge is -2.08. The van der Waals surface area contributed by atoms with Crippen molar-refractivity contribution in [3.63, 3.8) is 0 Å². The molecule has 22 heavy (non-hydrogen) atoms. The average molecular weight is 304 g/mol. The summed E-state index contributed by atoms with van der Waals surface area (Å²) in [5.74, 6) is -2.66. The molecule has 0 aromatic heterocycles. The maximum absolute atomic E-state index is 13.7. The summed E-state index contributed by atoms with van der Waals surface area (Å²) in [6, 6.07) is 7.86. The second-order valence-electron chi connectivity index (χ2n) is 5.04. The van der Waals surface area contributed by atoms with Crippen LogP contribution in [0.1, 0.15) is 35.7 Å². The quantitative estimate of drug-likeness (QED) is 0.789. The van der Waals surface area contributed by atoms with Crippen LogP contribution in [0.3, 0.4) is 0 Å². The summed E-state index contributed by atoms with van der Waals surface area (Å²) >= 11 is 0. The summed E-state index contributed by atoms with van der Waals surface area (Å²) in [6.07, 6.45) is 0. The molecule has 1 N–H and O–H groups in total. The molecule has 0 heterocycles. The van der Waals surface area contributed by atoms with E-state index >= 15 is 0 Å². The fraction of sp³-hybridized carbons (Fsp3) is 0.188. The van der Waals surface area contributed by atoms with Gasteiger partial charge in [-0.05, 0) is 35.7 Å². The standard InChI is InChI=1S/C16H14F2N2O2/c1-9(2)12-7-15(14(18)8-13(12)17)20-19-11-5-3-4-10(6-11)16(21)22/h3-9H,1-2H3,(H,21,22). The fourth-order valence-corrected chi connectivity index (χ4v) is 1.89. The minimum absolute atomic E-state index is 0.0545. The molecule has 0 radical (unpaired) electrons. The highest BCUT2D eigenvalue weighted by molar-refractivity contribution is 5.88. The largest absolute Gasteiger partial charge is 0.478 e. The van der Waals surface area contributed by atoms with E-state index in [-0.39, 0.29) is 22.9 Å². The van der Waals surface area contributed by atoms with E-state index in [0.29, 0.717) is 5.56 Å². The monoisotopic (exact) mass is 304 g/mol. The van der Waals surface area contributed by atoms with Crippen LogP contribution in [0.2, 0.25) is 0 Å². The fourth-order valence-electron chi connectivity index (χ4n) is 1.89. The van der Waals surface area contributed by atoms with Crippen molar-refractivity contribution in [2.24, 2.45) is 10.2 Å². The molecule has 0 saturated carbocycles. The van der Waals surface area contributed by atoms with E-state index in [1.165, 1.54) is 24.3 Å². The molecule has 6 heteroatoms. The number of benzene rings is 2. The van der Waals surface area contributed by atoms with Gasteiger partial charge >= 0.3 is 5.97 Å². The lowest BCUT2D eigenvalue weighted by Crippen LogP contribution is -1.94. The minimum atomic E-state index is -1.09. The summed E-state index contributed by atoms with van der Waals surface area (Å²) < 4.78 is 27.3. The Hall–Kier alpha value is -2.63. The van der Waals surface area contributed by atoms with Crippen molar-refractivity contribution in [3.05, 3.63) is 59.2 Å². The maximum Gasteiger partial charge on any atom is 0.335 e. The van der Waals surface area contributed by atoms with E-state index in [2.05, 4.69) is 10.2 Å². The number of nitrogens with zero attached hydrogens (tertiary/aromatic N) is 2. The van der Waals surface area contributed by atoms with E-state index in [1.807, 2.05) is 0 Å². The van der Waals surface area contributed by atoms with Crippen LogP contribution in [-0.2, 0) is 0 Å². The average Bonchev–Trinajstić information content (AvgIpc) is 2.46. The second kappa shape index (κ2) is 6.43. The van der Waals surface area contributed by atoms with Crippen molar-refractivity contribution in [2.75, 3.05) is 0 Å². The number of halogens is 2. The first-order chi connectivity index (χ1) is 10.4. The Labute approximate surface area is 126 Å². The van der Waals surface area contributed by atoms with E-state index < -0.39 is 17.6 Å². The van der Waals surface area contributed by atoms with Crippen molar-refractivity contribution in [1.29, 1.82) is 0 Å². The van der Waals surface area contributed by atoms with Gasteiger partial charge in [-0.1, -0.05) is 19.9 Å². The summed E-state index contributed by atoms with van der Waals surface area (Å²) in [5, 5.41) is 16.5. The molecular weight excluding hydrogens is 290 g/mol. The number of hydrogen-bond acceptors (Lipinski definition) is 3. The molecule has 2 aromatic carbocycles. The molecule has 114 valence electrons. The zero-order valence-corrected chi connectivity index (χ0v) is 12.0. The summed E-state index contributed by atoms with van der Waals surface area (Å²) in [5.41, 5.74) is 0.578. The van der Waals surface area contributed by atoms with Gasteiger partial charge < -0.3 is 5.11 Å². The van der Waals surface area contributed by atoms with Gasteiger partial charge in [-0.25, -0.2) is 13.6 Å². The predicted octanol–water partition coefficient (Wildman–Crippen LogP) is 5.20. The number of carboxylic acid groups (broad SMARTS) is 1. The van der Waals surface area contributed by atoms with Crippen molar-refractivity contribution >= 4 is 17.3 Å². The van der Waals surface area contributed by atoms with Crippen LogP contribution < -0.4 is 0 Å². The Balaban J connectivity index is 2.36. The number of azo groups is 1. The van der Waals surface area contributed by atoms with Crippen LogP contribution in [0.15, 0.2) is 46.6 Å². The molecule has 0 fully saturated rings. The molecule has 0 amide bonds. The number of carboxylic acids is 1. The highest BCUT2D eigenvalue weighted by Crippen LogP contribution is 2.28. The molecule has 0 bridgehead atoms. The SMILES string of the molecule is CC(C)c1cc(N=Nc2cccc(C(=O)O)c2)c(F)cc1F. The first kappa shape index (κ1) is 15.8. The van der Waals surface area contributed by atoms with Crippen LogP contribution in [-0.4, -0.2) is 11.1 Å². The Morgan fingerprint density at radius 3 is 2.45 bits per heavy atom. The van der Waals surface area contributed by atoms with Gasteiger partial charge in [-0.2, -0.15) is 5.11 Å². The van der Waals surface area contributed by atoms with Crippen molar-refractivity contribution < 1.29 is 18.7 Å². The van der Waals surface area contributed by atoms with Crippen molar-refractivity contribution in [2.45, 2.75) is 19.8 Å². The molecule has 0 aliphatic rings. The zero-order chi connectivity index (χ0) is 16.3.